The summed E-state index contributed by atoms with van der Waals surface area (Å²) >= 11 is 0. The van der Waals surface area contributed by atoms with Crippen LogP contribution in [0.1, 0.15) is 44.1 Å². The lowest BCUT2D eigenvalue weighted by molar-refractivity contribution is 0.102. The van der Waals surface area contributed by atoms with Gasteiger partial charge in [0.25, 0.3) is 5.91 Å². The van der Waals surface area contributed by atoms with E-state index in [9.17, 15) is 4.79 Å². The van der Waals surface area contributed by atoms with Gasteiger partial charge in [-0.2, -0.15) is 0 Å². The van der Waals surface area contributed by atoms with E-state index in [4.69, 9.17) is 4.74 Å². The summed E-state index contributed by atoms with van der Waals surface area (Å²) in [5.74, 6) is 1.25. The van der Waals surface area contributed by atoms with E-state index in [1.807, 2.05) is 44.0 Å². The van der Waals surface area contributed by atoms with E-state index < -0.39 is 0 Å². The van der Waals surface area contributed by atoms with Gasteiger partial charge >= 0.3 is 0 Å². The van der Waals surface area contributed by atoms with Crippen molar-refractivity contribution in [3.63, 3.8) is 0 Å². The summed E-state index contributed by atoms with van der Waals surface area (Å²) in [7, 11) is 1.97. The topological polar surface area (TPSA) is 67.4 Å². The van der Waals surface area contributed by atoms with Gasteiger partial charge in [-0.1, -0.05) is 13.3 Å². The summed E-state index contributed by atoms with van der Waals surface area (Å²) in [4.78, 5) is 14.3. The van der Waals surface area contributed by atoms with Crippen LogP contribution in [-0.4, -0.2) is 35.8 Å². The fourth-order valence-electron chi connectivity index (χ4n) is 2.24. The third-order valence-corrected chi connectivity index (χ3v) is 3.61. The second kappa shape index (κ2) is 9.01. The molecule has 0 saturated heterocycles. The zero-order valence-corrected chi connectivity index (χ0v) is 15.3. The molecule has 2 rings (SSSR count). The first-order chi connectivity index (χ1) is 12.0. The molecule has 6 nitrogen and oxygen atoms in total. The Morgan fingerprint density at radius 1 is 1.16 bits per heavy atom. The maximum Gasteiger partial charge on any atom is 0.276 e. The monoisotopic (exact) mass is 342 g/mol. The van der Waals surface area contributed by atoms with Crippen molar-refractivity contribution < 1.29 is 9.53 Å². The average Bonchev–Trinajstić information content (AvgIpc) is 2.61. The van der Waals surface area contributed by atoms with E-state index in [1.54, 1.807) is 18.2 Å². The molecule has 0 atom stereocenters. The van der Waals surface area contributed by atoms with E-state index in [2.05, 4.69) is 22.4 Å². The van der Waals surface area contributed by atoms with E-state index >= 15 is 0 Å². The number of hydrogen-bond donors (Lipinski definition) is 1. The van der Waals surface area contributed by atoms with Gasteiger partial charge in [0.05, 0.1) is 6.10 Å². The van der Waals surface area contributed by atoms with Gasteiger partial charge in [-0.25, -0.2) is 0 Å². The van der Waals surface area contributed by atoms with Gasteiger partial charge in [0.2, 0.25) is 0 Å². The molecule has 0 aliphatic carbocycles. The van der Waals surface area contributed by atoms with Crippen molar-refractivity contribution in [1.29, 1.82) is 0 Å². The Hall–Kier alpha value is -2.63. The Balaban J connectivity index is 1.96. The highest BCUT2D eigenvalue weighted by molar-refractivity contribution is 6.02. The molecule has 0 fully saturated rings. The van der Waals surface area contributed by atoms with E-state index in [-0.39, 0.29) is 17.7 Å². The Bertz CT molecular complexity index is 669. The third-order valence-electron chi connectivity index (χ3n) is 3.61. The molecule has 1 aromatic heterocycles. The molecular weight excluding hydrogens is 316 g/mol. The molecule has 1 aromatic carbocycles. The van der Waals surface area contributed by atoms with Gasteiger partial charge in [0, 0.05) is 19.3 Å². The van der Waals surface area contributed by atoms with Gasteiger partial charge in [0.1, 0.15) is 5.75 Å². The summed E-state index contributed by atoms with van der Waals surface area (Å²) < 4.78 is 5.58. The molecule has 0 aliphatic heterocycles. The lowest BCUT2D eigenvalue weighted by Crippen LogP contribution is -2.21. The fraction of sp³-hybridized carbons (Fsp3) is 0.421. The largest absolute Gasteiger partial charge is 0.491 e. The molecule has 25 heavy (non-hydrogen) atoms. The summed E-state index contributed by atoms with van der Waals surface area (Å²) in [6.45, 7) is 7.01. The van der Waals surface area contributed by atoms with Gasteiger partial charge in [-0.3, -0.25) is 4.79 Å². The maximum atomic E-state index is 12.3. The highest BCUT2D eigenvalue weighted by Gasteiger charge is 2.10. The van der Waals surface area contributed by atoms with Crippen LogP contribution in [0.4, 0.5) is 11.5 Å². The van der Waals surface area contributed by atoms with Crippen LogP contribution in [0.5, 0.6) is 5.75 Å². The molecule has 1 N–H and O–H groups in total. The van der Waals surface area contributed by atoms with Gasteiger partial charge in [-0.15, -0.1) is 10.2 Å². The molecular formula is C19H26N4O2. The number of benzene rings is 1. The van der Waals surface area contributed by atoms with Crippen LogP contribution >= 0.6 is 0 Å². The first-order valence-electron chi connectivity index (χ1n) is 8.62. The van der Waals surface area contributed by atoms with Crippen LogP contribution in [0.2, 0.25) is 0 Å². The summed E-state index contributed by atoms with van der Waals surface area (Å²) in [6, 6.07) is 10.8. The highest BCUT2D eigenvalue weighted by atomic mass is 16.5. The number of nitrogens with one attached hydrogen (secondary N) is 1. The van der Waals surface area contributed by atoms with Gasteiger partial charge < -0.3 is 15.0 Å². The molecule has 6 heteroatoms. The number of unbranched alkanes of at least 4 members (excludes halogenated alkanes) is 1. The number of hydrogen-bond acceptors (Lipinski definition) is 5. The molecule has 0 radical (unpaired) electrons. The normalized spacial score (nSPS) is 10.6. The summed E-state index contributed by atoms with van der Waals surface area (Å²) in [6.07, 6.45) is 2.33. The minimum atomic E-state index is -0.284. The smallest absolute Gasteiger partial charge is 0.276 e. The number of nitrogens with zero attached hydrogens (tertiary/aromatic N) is 3. The van der Waals surface area contributed by atoms with Crippen LogP contribution in [0.15, 0.2) is 36.4 Å². The Labute approximate surface area is 149 Å². The number of amides is 1. The van der Waals surface area contributed by atoms with Crippen LogP contribution in [0.25, 0.3) is 0 Å². The standard InChI is InChI=1S/C19H26N4O2/c1-5-6-13-23(4)18-12-11-17(21-22-18)19(24)20-15-7-9-16(10-8-15)25-14(2)3/h7-12,14H,5-6,13H2,1-4H3,(H,20,24). The summed E-state index contributed by atoms with van der Waals surface area (Å²) in [5.41, 5.74) is 0.974. The van der Waals surface area contributed by atoms with Crippen molar-refractivity contribution in [2.75, 3.05) is 23.8 Å². The van der Waals surface area contributed by atoms with Crippen molar-refractivity contribution in [1.82, 2.24) is 10.2 Å². The molecule has 2 aromatic rings. The van der Waals surface area contributed by atoms with Crippen molar-refractivity contribution >= 4 is 17.4 Å². The number of ether oxygens (including phenoxy) is 1. The van der Waals surface area contributed by atoms with Crippen LogP contribution in [0.3, 0.4) is 0 Å². The second-order valence-electron chi connectivity index (χ2n) is 6.20. The van der Waals surface area contributed by atoms with Crippen molar-refractivity contribution in [2.24, 2.45) is 0 Å². The number of aromatic nitrogens is 2. The molecule has 0 aliphatic rings. The minimum absolute atomic E-state index is 0.115. The van der Waals surface area contributed by atoms with E-state index in [1.165, 1.54) is 0 Å². The maximum absolute atomic E-state index is 12.3. The lowest BCUT2D eigenvalue weighted by atomic mass is 10.2. The zero-order valence-electron chi connectivity index (χ0n) is 15.3. The summed E-state index contributed by atoms with van der Waals surface area (Å²) in [5, 5.41) is 11.0. The fourth-order valence-corrected chi connectivity index (χ4v) is 2.24. The number of anilines is 2. The van der Waals surface area contributed by atoms with E-state index in [0.29, 0.717) is 5.69 Å². The molecule has 134 valence electrons. The quantitative estimate of drug-likeness (QED) is 0.791. The first kappa shape index (κ1) is 18.7. The Morgan fingerprint density at radius 3 is 2.44 bits per heavy atom. The van der Waals surface area contributed by atoms with Crippen LogP contribution in [-0.2, 0) is 0 Å². The van der Waals surface area contributed by atoms with Crippen molar-refractivity contribution in [3.05, 3.63) is 42.1 Å². The van der Waals surface area contributed by atoms with Gasteiger partial charge in [-0.05, 0) is 56.7 Å². The highest BCUT2D eigenvalue weighted by Crippen LogP contribution is 2.17. The molecule has 1 heterocycles. The molecule has 1 amide bonds. The Morgan fingerprint density at radius 2 is 1.88 bits per heavy atom. The predicted molar refractivity (Wildman–Crippen MR) is 100 cm³/mol. The third kappa shape index (κ3) is 5.74. The second-order valence-corrected chi connectivity index (χ2v) is 6.20. The predicted octanol–water partition coefficient (Wildman–Crippen LogP) is 3.75. The average molecular weight is 342 g/mol. The number of rotatable bonds is 8. The first-order valence-corrected chi connectivity index (χ1v) is 8.62. The van der Waals surface area contributed by atoms with Crippen molar-refractivity contribution in [2.45, 2.75) is 39.7 Å². The molecule has 0 unspecified atom stereocenters. The number of carbonyl (C=O) groups excluding carboxylic acids is 1. The van der Waals surface area contributed by atoms with Crippen molar-refractivity contribution in [3.8, 4) is 5.75 Å². The SMILES string of the molecule is CCCCN(C)c1ccc(C(=O)Nc2ccc(OC(C)C)cc2)nn1. The Kier molecular flexibility index (Phi) is 6.74. The van der Waals surface area contributed by atoms with E-state index in [0.717, 1.165) is 31.0 Å². The number of carbonyl (C=O) groups is 1. The lowest BCUT2D eigenvalue weighted by Gasteiger charge is -2.16. The zero-order chi connectivity index (χ0) is 18.2. The molecule has 0 saturated carbocycles. The van der Waals surface area contributed by atoms with Crippen LogP contribution < -0.4 is 15.0 Å². The molecule has 0 spiro atoms. The van der Waals surface area contributed by atoms with Gasteiger partial charge in [0.15, 0.2) is 11.5 Å². The van der Waals surface area contributed by atoms with Crippen LogP contribution in [0, 0.1) is 0 Å². The molecule has 0 bridgehead atoms. The minimum Gasteiger partial charge on any atom is -0.491 e.